The minimum atomic E-state index is 0.0533. The third-order valence-electron chi connectivity index (χ3n) is 7.34. The molecule has 0 radical (unpaired) electrons. The molecule has 1 N–H and O–H groups in total. The highest BCUT2D eigenvalue weighted by atomic mass is 32.1. The van der Waals surface area contributed by atoms with Gasteiger partial charge in [0.05, 0.1) is 5.69 Å². The van der Waals surface area contributed by atoms with E-state index >= 15 is 0 Å². The molecule has 27 heavy (non-hydrogen) atoms. The molecule has 1 heterocycles. The van der Waals surface area contributed by atoms with E-state index in [1.54, 1.807) is 16.9 Å². The molecular weight excluding hydrogens is 352 g/mol. The van der Waals surface area contributed by atoms with Crippen LogP contribution in [0.25, 0.3) is 0 Å². The predicted molar refractivity (Wildman–Crippen MR) is 110 cm³/mol. The number of carbonyl (C=O) groups excluding carboxylic acids is 1. The molecule has 1 aromatic carbocycles. The van der Waals surface area contributed by atoms with Crippen LogP contribution >= 0.6 is 11.3 Å². The average Bonchev–Trinajstić information content (AvgIpc) is 3.10. The fourth-order valence-corrected chi connectivity index (χ4v) is 7.44. The highest BCUT2D eigenvalue weighted by Crippen LogP contribution is 2.66. The van der Waals surface area contributed by atoms with Gasteiger partial charge in [0, 0.05) is 17.2 Å². The minimum absolute atomic E-state index is 0.0533. The summed E-state index contributed by atoms with van der Waals surface area (Å²) in [4.78, 5) is 16.7. The first-order valence-corrected chi connectivity index (χ1v) is 11.2. The number of carbonyl (C=O) groups is 1. The molecule has 0 spiro atoms. The maximum atomic E-state index is 11.8. The summed E-state index contributed by atoms with van der Waals surface area (Å²) in [5, 5.41) is 5.96. The topological polar surface area (TPSA) is 42.0 Å². The molecule has 4 fully saturated rings. The summed E-state index contributed by atoms with van der Waals surface area (Å²) < 4.78 is 0. The summed E-state index contributed by atoms with van der Waals surface area (Å²) in [7, 11) is 0. The summed E-state index contributed by atoms with van der Waals surface area (Å²) in [6.07, 6.45) is 8.38. The molecule has 1 amide bonds. The van der Waals surface area contributed by atoms with E-state index in [0.29, 0.717) is 11.8 Å². The van der Waals surface area contributed by atoms with Gasteiger partial charge in [-0.1, -0.05) is 36.8 Å². The number of rotatable bonds is 4. The van der Waals surface area contributed by atoms with Crippen molar-refractivity contribution in [3.05, 3.63) is 46.5 Å². The molecule has 4 saturated carbocycles. The summed E-state index contributed by atoms with van der Waals surface area (Å²) in [6, 6.07) is 9.32. The van der Waals surface area contributed by atoms with E-state index < -0.39 is 0 Å². The summed E-state index contributed by atoms with van der Waals surface area (Å²) in [5.41, 5.74) is 4.66. The molecule has 4 bridgehead atoms. The number of benzene rings is 1. The molecule has 0 unspecified atom stereocenters. The number of hydrogen-bond donors (Lipinski definition) is 1. The van der Waals surface area contributed by atoms with Crippen molar-refractivity contribution in [2.45, 2.75) is 69.6 Å². The Labute approximate surface area is 165 Å². The van der Waals surface area contributed by atoms with Gasteiger partial charge in [0.25, 0.3) is 0 Å². The second-order valence-electron chi connectivity index (χ2n) is 9.33. The fourth-order valence-electron chi connectivity index (χ4n) is 6.59. The van der Waals surface area contributed by atoms with Gasteiger partial charge in [0.2, 0.25) is 5.91 Å². The molecule has 1 aromatic heterocycles. The Kier molecular flexibility index (Phi) is 3.98. The molecule has 4 heteroatoms. The van der Waals surface area contributed by atoms with Crippen molar-refractivity contribution in [2.24, 2.45) is 11.8 Å². The van der Waals surface area contributed by atoms with Crippen LogP contribution in [0, 0.1) is 18.8 Å². The molecule has 142 valence electrons. The van der Waals surface area contributed by atoms with Crippen LogP contribution in [0.15, 0.2) is 29.6 Å². The third-order valence-corrected chi connectivity index (χ3v) is 8.10. The van der Waals surface area contributed by atoms with Crippen molar-refractivity contribution in [1.82, 2.24) is 4.98 Å². The van der Waals surface area contributed by atoms with Crippen LogP contribution in [0.5, 0.6) is 0 Å². The standard InChI is InChI=1S/C23H28N2OS/c1-3-20(26)25-21-24-19(13-27-21)23-11-16-8-17(12-23)10-22(9-16,14-23)18-6-4-15(2)5-7-18/h4-7,13,16-17H,3,8-12,14H2,1-2H3,(H,24,25,26)/t16-,17-,22?,23?/m1/s1. The molecule has 6 rings (SSSR count). The second-order valence-corrected chi connectivity index (χ2v) is 10.2. The van der Waals surface area contributed by atoms with E-state index in [2.05, 4.69) is 41.9 Å². The normalized spacial score (nSPS) is 34.0. The van der Waals surface area contributed by atoms with Crippen molar-refractivity contribution in [2.75, 3.05) is 5.32 Å². The highest BCUT2D eigenvalue weighted by molar-refractivity contribution is 7.13. The Hall–Kier alpha value is -1.68. The molecule has 4 aliphatic rings. The molecule has 3 nitrogen and oxygen atoms in total. The largest absolute Gasteiger partial charge is 0.302 e. The van der Waals surface area contributed by atoms with Crippen LogP contribution in [0.2, 0.25) is 0 Å². The number of anilines is 1. The Balaban J connectivity index is 1.50. The molecule has 2 atom stereocenters. The molecular formula is C23H28N2OS. The van der Waals surface area contributed by atoms with Crippen molar-refractivity contribution < 1.29 is 4.79 Å². The predicted octanol–water partition coefficient (Wildman–Crippen LogP) is 5.59. The van der Waals surface area contributed by atoms with Gasteiger partial charge in [0.1, 0.15) is 0 Å². The number of nitrogens with zero attached hydrogens (tertiary/aromatic N) is 1. The molecule has 0 aliphatic heterocycles. The van der Waals surface area contributed by atoms with Gasteiger partial charge in [-0.25, -0.2) is 4.98 Å². The Morgan fingerprint density at radius 2 is 1.81 bits per heavy atom. The zero-order valence-corrected chi connectivity index (χ0v) is 17.1. The number of amides is 1. The first-order valence-electron chi connectivity index (χ1n) is 10.3. The lowest BCUT2D eigenvalue weighted by Crippen LogP contribution is -2.56. The summed E-state index contributed by atoms with van der Waals surface area (Å²) in [5.74, 6) is 1.70. The number of aryl methyl sites for hydroxylation is 1. The zero-order valence-electron chi connectivity index (χ0n) is 16.3. The van der Waals surface area contributed by atoms with E-state index in [0.717, 1.165) is 17.0 Å². The monoisotopic (exact) mass is 380 g/mol. The maximum Gasteiger partial charge on any atom is 0.225 e. The van der Waals surface area contributed by atoms with E-state index in [1.807, 2.05) is 6.92 Å². The zero-order chi connectivity index (χ0) is 18.6. The minimum Gasteiger partial charge on any atom is -0.302 e. The van der Waals surface area contributed by atoms with E-state index in [9.17, 15) is 4.79 Å². The second kappa shape index (κ2) is 6.16. The molecule has 0 saturated heterocycles. The number of hydrogen-bond acceptors (Lipinski definition) is 3. The van der Waals surface area contributed by atoms with E-state index in [-0.39, 0.29) is 11.3 Å². The smallest absolute Gasteiger partial charge is 0.225 e. The van der Waals surface area contributed by atoms with Gasteiger partial charge in [-0.2, -0.15) is 0 Å². The first kappa shape index (κ1) is 17.4. The first-order chi connectivity index (χ1) is 13.0. The van der Waals surface area contributed by atoms with Crippen molar-refractivity contribution >= 4 is 22.4 Å². The van der Waals surface area contributed by atoms with Gasteiger partial charge in [-0.3, -0.25) is 4.79 Å². The Morgan fingerprint density at radius 3 is 2.48 bits per heavy atom. The lowest BCUT2D eigenvalue weighted by molar-refractivity contribution is -0.115. The Morgan fingerprint density at radius 1 is 1.15 bits per heavy atom. The summed E-state index contributed by atoms with van der Waals surface area (Å²) in [6.45, 7) is 4.06. The molecule has 2 aromatic rings. The summed E-state index contributed by atoms with van der Waals surface area (Å²) >= 11 is 1.60. The van der Waals surface area contributed by atoms with E-state index in [1.165, 1.54) is 49.8 Å². The van der Waals surface area contributed by atoms with Crippen LogP contribution < -0.4 is 5.32 Å². The lowest BCUT2D eigenvalue weighted by Gasteiger charge is -2.62. The fraction of sp³-hybridized carbons (Fsp3) is 0.565. The van der Waals surface area contributed by atoms with Gasteiger partial charge < -0.3 is 5.32 Å². The maximum absolute atomic E-state index is 11.8. The van der Waals surface area contributed by atoms with Crippen LogP contribution in [-0.4, -0.2) is 10.9 Å². The van der Waals surface area contributed by atoms with Crippen LogP contribution in [0.4, 0.5) is 5.13 Å². The Bertz CT molecular complexity index is 855. The van der Waals surface area contributed by atoms with Crippen molar-refractivity contribution in [3.63, 3.8) is 0 Å². The number of nitrogens with one attached hydrogen (secondary N) is 1. The van der Waals surface area contributed by atoms with Gasteiger partial charge in [-0.05, 0) is 68.3 Å². The van der Waals surface area contributed by atoms with Crippen molar-refractivity contribution in [3.8, 4) is 0 Å². The van der Waals surface area contributed by atoms with Crippen LogP contribution in [-0.2, 0) is 15.6 Å². The number of thiazole rings is 1. The van der Waals surface area contributed by atoms with Gasteiger partial charge >= 0.3 is 0 Å². The molecule has 4 aliphatic carbocycles. The average molecular weight is 381 g/mol. The van der Waals surface area contributed by atoms with Gasteiger partial charge in [-0.15, -0.1) is 11.3 Å². The lowest BCUT2D eigenvalue weighted by atomic mass is 9.42. The van der Waals surface area contributed by atoms with Crippen LogP contribution in [0.3, 0.4) is 0 Å². The van der Waals surface area contributed by atoms with Crippen molar-refractivity contribution in [1.29, 1.82) is 0 Å². The highest BCUT2D eigenvalue weighted by Gasteiger charge is 2.59. The number of aromatic nitrogens is 1. The van der Waals surface area contributed by atoms with Gasteiger partial charge in [0.15, 0.2) is 5.13 Å². The SMILES string of the molecule is CCC(=O)Nc1nc(C23C[C@@H]4C[C@H](CC(c5ccc(C)cc5)(C4)C2)C3)cs1. The van der Waals surface area contributed by atoms with Crippen LogP contribution in [0.1, 0.15) is 68.7 Å². The van der Waals surface area contributed by atoms with E-state index in [4.69, 9.17) is 4.98 Å². The quantitative estimate of drug-likeness (QED) is 0.751. The third kappa shape index (κ3) is 2.84.